The molecule has 296 valence electrons. The van der Waals surface area contributed by atoms with E-state index >= 15 is 0 Å². The van der Waals surface area contributed by atoms with E-state index in [1.807, 2.05) is 54.6 Å². The minimum absolute atomic E-state index is 0.241. The fourth-order valence-electron chi connectivity index (χ4n) is 6.63. The van der Waals surface area contributed by atoms with Crippen LogP contribution in [0.2, 0.25) is 0 Å². The zero-order chi connectivity index (χ0) is 39.3. The molecule has 2 heterocycles. The van der Waals surface area contributed by atoms with Gasteiger partial charge in [0.05, 0.1) is 59.0 Å². The van der Waals surface area contributed by atoms with Crippen molar-refractivity contribution in [1.29, 1.82) is 0 Å². The Labute approximate surface area is 333 Å². The van der Waals surface area contributed by atoms with Crippen molar-refractivity contribution in [2.24, 2.45) is 0 Å². The van der Waals surface area contributed by atoms with E-state index in [2.05, 4.69) is 21.9 Å². The Kier molecular flexibility index (Phi) is 14.4. The highest BCUT2D eigenvalue weighted by atomic mass is 32.1. The van der Waals surface area contributed by atoms with Crippen molar-refractivity contribution in [2.45, 2.75) is 19.3 Å². The second-order valence-corrected chi connectivity index (χ2v) is 14.3. The number of carbonyl (C=O) groups is 1. The van der Waals surface area contributed by atoms with Crippen LogP contribution < -0.4 is 28.4 Å². The van der Waals surface area contributed by atoms with E-state index < -0.39 is 0 Å². The third-order valence-corrected chi connectivity index (χ3v) is 10.8. The van der Waals surface area contributed by atoms with Gasteiger partial charge in [0.15, 0.2) is 28.8 Å². The number of para-hydroxylation sites is 1. The number of carbonyl (C=O) groups excluding carboxylic acids is 1. The summed E-state index contributed by atoms with van der Waals surface area (Å²) >= 11 is 1.68. The molecule has 4 aromatic carbocycles. The van der Waals surface area contributed by atoms with Crippen LogP contribution in [-0.4, -0.2) is 109 Å². The average molecular weight is 782 g/mol. The molecule has 0 spiro atoms. The maximum atomic E-state index is 13.5. The highest BCUT2D eigenvalue weighted by Crippen LogP contribution is 2.39. The van der Waals surface area contributed by atoms with Crippen molar-refractivity contribution in [3.05, 3.63) is 96.1 Å². The molecule has 0 atom stereocenters. The molecule has 0 radical (unpaired) electrons. The van der Waals surface area contributed by atoms with Crippen LogP contribution in [0.25, 0.3) is 26.5 Å². The Bertz CT molecular complexity index is 2020. The molecule has 0 unspecified atom stereocenters. The minimum atomic E-state index is -0.241. The van der Waals surface area contributed by atoms with Gasteiger partial charge in [-0.25, -0.2) is 4.98 Å². The van der Waals surface area contributed by atoms with Gasteiger partial charge < -0.3 is 43.0 Å². The zero-order valence-electron chi connectivity index (χ0n) is 32.9. The molecule has 6 rings (SSSR count). The van der Waals surface area contributed by atoms with E-state index in [-0.39, 0.29) is 5.78 Å². The van der Waals surface area contributed by atoms with Gasteiger partial charge in [0, 0.05) is 55.5 Å². The Hall–Kier alpha value is -5.30. The van der Waals surface area contributed by atoms with Gasteiger partial charge in [-0.3, -0.25) is 4.79 Å². The van der Waals surface area contributed by atoms with Crippen LogP contribution in [0, 0.1) is 0 Å². The molecule has 0 aliphatic carbocycles. The van der Waals surface area contributed by atoms with Gasteiger partial charge in [-0.2, -0.15) is 0 Å². The van der Waals surface area contributed by atoms with E-state index in [9.17, 15) is 4.79 Å². The van der Waals surface area contributed by atoms with Crippen LogP contribution in [0.5, 0.6) is 34.5 Å². The van der Waals surface area contributed by atoms with Crippen molar-refractivity contribution in [1.82, 2.24) is 14.8 Å². The van der Waals surface area contributed by atoms with Gasteiger partial charge in [0.2, 0.25) is 5.75 Å². The Morgan fingerprint density at radius 3 is 2.00 bits per heavy atom. The Morgan fingerprint density at radius 2 is 1.36 bits per heavy atom. The number of rotatable bonds is 20. The summed E-state index contributed by atoms with van der Waals surface area (Å²) in [5, 5.41) is 0.970. The fraction of sp³-hybridized carbons (Fsp3) is 0.364. The zero-order valence-corrected chi connectivity index (χ0v) is 33.7. The number of methoxy groups -OCH3 is 5. The summed E-state index contributed by atoms with van der Waals surface area (Å²) in [5.41, 5.74) is 3.21. The molecule has 0 saturated carbocycles. The number of allylic oxidation sites excluding steroid dienone is 1. The van der Waals surface area contributed by atoms with Gasteiger partial charge in [-0.05, 0) is 92.5 Å². The first kappa shape index (κ1) is 40.4. The number of hydrogen-bond acceptors (Lipinski definition) is 12. The lowest BCUT2D eigenvalue weighted by atomic mass is 10.1. The summed E-state index contributed by atoms with van der Waals surface area (Å²) in [4.78, 5) is 23.3. The third kappa shape index (κ3) is 10.3. The lowest BCUT2D eigenvalue weighted by Crippen LogP contribution is -2.46. The first-order valence-corrected chi connectivity index (χ1v) is 19.7. The van der Waals surface area contributed by atoms with E-state index in [0.717, 1.165) is 97.4 Å². The van der Waals surface area contributed by atoms with Crippen LogP contribution >= 0.6 is 11.3 Å². The summed E-state index contributed by atoms with van der Waals surface area (Å²) in [6, 6.07) is 25.0. The molecule has 1 fully saturated rings. The SMILES string of the molecule is COc1ccc(C(=CC(=O)c2cc(OC)c(OC)c(OC)c2)OCCCCN2CCN(CCCOc3ccc(-c4nc5ccccc5s4)cc3OC)CC2)cc1. The number of ether oxygens (including phenoxy) is 7. The van der Waals surface area contributed by atoms with Gasteiger partial charge in [0.1, 0.15) is 16.5 Å². The molecule has 1 aromatic heterocycles. The first-order chi connectivity index (χ1) is 27.4. The monoisotopic (exact) mass is 781 g/mol. The Balaban J connectivity index is 0.930. The van der Waals surface area contributed by atoms with Crippen molar-refractivity contribution in [3.63, 3.8) is 0 Å². The van der Waals surface area contributed by atoms with Crippen molar-refractivity contribution >= 4 is 33.1 Å². The average Bonchev–Trinajstić information content (AvgIpc) is 3.69. The standard InChI is InChI=1S/C44H51N3O8S/c1-49-34-16-13-31(14-17-34)38(30-36(48)33-28-40(51-3)43(53-5)41(29-33)52-4)55-25-9-8-19-46-21-23-47(24-22-46)20-10-26-54-37-18-15-32(27-39(37)50-2)44-45-35-11-6-7-12-42(35)56-44/h6-7,11-18,27-30H,8-10,19-26H2,1-5H3. The minimum Gasteiger partial charge on any atom is -0.497 e. The highest BCUT2D eigenvalue weighted by Gasteiger charge is 2.19. The van der Waals surface area contributed by atoms with Gasteiger partial charge in [0.25, 0.3) is 0 Å². The maximum Gasteiger partial charge on any atom is 0.203 e. The van der Waals surface area contributed by atoms with Crippen LogP contribution in [0.1, 0.15) is 35.2 Å². The molecule has 1 aliphatic rings. The van der Waals surface area contributed by atoms with E-state index in [4.69, 9.17) is 38.1 Å². The van der Waals surface area contributed by atoms with Gasteiger partial charge >= 0.3 is 0 Å². The lowest BCUT2D eigenvalue weighted by molar-refractivity contribution is 0.104. The van der Waals surface area contributed by atoms with Crippen molar-refractivity contribution < 1.29 is 38.0 Å². The number of fused-ring (bicyclic) bond motifs is 1. The van der Waals surface area contributed by atoms with Crippen LogP contribution in [-0.2, 0) is 4.74 Å². The molecule has 0 bridgehead atoms. The van der Waals surface area contributed by atoms with E-state index in [0.29, 0.717) is 41.8 Å². The summed E-state index contributed by atoms with van der Waals surface area (Å²) < 4.78 is 40.9. The van der Waals surface area contributed by atoms with Gasteiger partial charge in [-0.1, -0.05) is 12.1 Å². The summed E-state index contributed by atoms with van der Waals surface area (Å²) in [5.74, 6) is 3.69. The number of nitrogens with zero attached hydrogens (tertiary/aromatic N) is 3. The quantitative estimate of drug-likeness (QED) is 0.0331. The molecule has 11 nitrogen and oxygen atoms in total. The molecule has 56 heavy (non-hydrogen) atoms. The predicted molar refractivity (Wildman–Crippen MR) is 221 cm³/mol. The van der Waals surface area contributed by atoms with Crippen molar-refractivity contribution in [2.75, 3.05) is 88.0 Å². The number of thiazole rings is 1. The number of piperazine rings is 1. The van der Waals surface area contributed by atoms with Gasteiger partial charge in [-0.15, -0.1) is 11.3 Å². The van der Waals surface area contributed by atoms with Crippen LogP contribution in [0.15, 0.2) is 84.9 Å². The number of aromatic nitrogens is 1. The smallest absolute Gasteiger partial charge is 0.203 e. The maximum absolute atomic E-state index is 13.5. The molecular formula is C44H51N3O8S. The second-order valence-electron chi connectivity index (χ2n) is 13.3. The van der Waals surface area contributed by atoms with Crippen molar-refractivity contribution in [3.8, 4) is 45.1 Å². The molecule has 0 amide bonds. The molecule has 0 N–H and O–H groups in total. The largest absolute Gasteiger partial charge is 0.497 e. The second kappa shape index (κ2) is 20.0. The fourth-order valence-corrected chi connectivity index (χ4v) is 7.59. The third-order valence-electron chi connectivity index (χ3n) is 9.76. The molecule has 1 saturated heterocycles. The number of benzene rings is 4. The van der Waals surface area contributed by atoms with Crippen LogP contribution in [0.3, 0.4) is 0 Å². The Morgan fingerprint density at radius 1 is 0.679 bits per heavy atom. The normalized spacial score (nSPS) is 13.7. The molecule has 5 aromatic rings. The van der Waals surface area contributed by atoms with E-state index in [1.54, 1.807) is 37.7 Å². The lowest BCUT2D eigenvalue weighted by Gasteiger charge is -2.34. The molecule has 12 heteroatoms. The number of unbranched alkanes of at least 4 members (excludes halogenated alkanes) is 1. The summed E-state index contributed by atoms with van der Waals surface area (Å²) in [6.45, 7) is 7.22. The number of ketones is 1. The van der Waals surface area contributed by atoms with Crippen LogP contribution in [0.4, 0.5) is 0 Å². The van der Waals surface area contributed by atoms with E-state index in [1.165, 1.54) is 32.1 Å². The molecular weight excluding hydrogens is 731 g/mol. The summed E-state index contributed by atoms with van der Waals surface area (Å²) in [6.07, 6.45) is 4.30. The summed E-state index contributed by atoms with van der Waals surface area (Å²) in [7, 11) is 7.88. The highest BCUT2D eigenvalue weighted by molar-refractivity contribution is 7.21. The topological polar surface area (TPSA) is 101 Å². The molecule has 1 aliphatic heterocycles. The number of hydrogen-bond donors (Lipinski definition) is 0. The predicted octanol–water partition coefficient (Wildman–Crippen LogP) is 8.11. The first-order valence-electron chi connectivity index (χ1n) is 18.9.